The predicted molar refractivity (Wildman–Crippen MR) is 124 cm³/mol. The number of hydrogen-bond donors (Lipinski definition) is 0. The van der Waals surface area contributed by atoms with Gasteiger partial charge in [-0.2, -0.15) is 4.98 Å². The number of amides is 1. The van der Waals surface area contributed by atoms with Crippen LogP contribution in [-0.4, -0.2) is 49.2 Å². The van der Waals surface area contributed by atoms with Gasteiger partial charge in [-0.05, 0) is 62.2 Å². The van der Waals surface area contributed by atoms with Gasteiger partial charge in [0.15, 0.2) is 5.82 Å². The summed E-state index contributed by atoms with van der Waals surface area (Å²) < 4.78 is 12.9. The van der Waals surface area contributed by atoms with Gasteiger partial charge in [0.1, 0.15) is 24.2 Å². The number of aryl methyl sites for hydroxylation is 1. The maximum atomic E-state index is 13.5. The minimum atomic E-state index is -0.218. The van der Waals surface area contributed by atoms with Crippen molar-refractivity contribution >= 4 is 5.91 Å². The molecule has 1 amide bonds. The van der Waals surface area contributed by atoms with E-state index in [0.29, 0.717) is 29.6 Å². The molecule has 0 radical (unpaired) electrons. The molecule has 0 bridgehead atoms. The van der Waals surface area contributed by atoms with Gasteiger partial charge in [0.2, 0.25) is 5.88 Å². The summed E-state index contributed by atoms with van der Waals surface area (Å²) in [5, 5.41) is 7.68. The van der Waals surface area contributed by atoms with Crippen LogP contribution in [0.2, 0.25) is 0 Å². The normalized spacial score (nSPS) is 15.4. The molecule has 1 aliphatic heterocycles. The minimum absolute atomic E-state index is 0.0554. The number of rotatable bonds is 6. The van der Waals surface area contributed by atoms with E-state index >= 15 is 0 Å². The largest absolute Gasteiger partial charge is 0.497 e. The van der Waals surface area contributed by atoms with E-state index in [4.69, 9.17) is 9.47 Å². The molecule has 0 saturated carbocycles. The van der Waals surface area contributed by atoms with Crippen LogP contribution in [0.1, 0.15) is 40.8 Å². The van der Waals surface area contributed by atoms with Crippen LogP contribution in [0.15, 0.2) is 67.3 Å². The number of carbonyl (C=O) groups excluding carboxylic acids is 1. The first-order valence-electron chi connectivity index (χ1n) is 11.0. The monoisotopic (exact) mass is 456 g/mol. The number of hydrogen-bond acceptors (Lipinski definition) is 7. The van der Waals surface area contributed by atoms with Crippen molar-refractivity contribution < 1.29 is 14.3 Å². The van der Waals surface area contributed by atoms with Crippen LogP contribution in [0.5, 0.6) is 17.4 Å². The van der Waals surface area contributed by atoms with Crippen LogP contribution in [0.4, 0.5) is 0 Å². The number of carbonyl (C=O) groups is 1. The second-order valence-corrected chi connectivity index (χ2v) is 8.06. The molecule has 0 aliphatic carbocycles. The van der Waals surface area contributed by atoms with Crippen molar-refractivity contribution in [1.29, 1.82) is 0 Å². The van der Waals surface area contributed by atoms with Crippen molar-refractivity contribution in [2.75, 3.05) is 13.7 Å². The summed E-state index contributed by atoms with van der Waals surface area (Å²) in [7, 11) is 1.62. The first kappa shape index (κ1) is 21.6. The van der Waals surface area contributed by atoms with Crippen molar-refractivity contribution in [2.24, 2.45) is 0 Å². The highest BCUT2D eigenvalue weighted by molar-refractivity contribution is 5.95. The summed E-state index contributed by atoms with van der Waals surface area (Å²) in [6.07, 6.45) is 4.89. The Morgan fingerprint density at radius 1 is 1.00 bits per heavy atom. The molecular formula is C25H24N6O3. The lowest BCUT2D eigenvalue weighted by Crippen LogP contribution is -2.31. The molecule has 3 heterocycles. The van der Waals surface area contributed by atoms with E-state index in [-0.39, 0.29) is 11.9 Å². The molecule has 0 unspecified atom stereocenters. The van der Waals surface area contributed by atoms with Gasteiger partial charge in [-0.25, -0.2) is 4.98 Å². The Morgan fingerprint density at radius 2 is 1.76 bits per heavy atom. The quantitative estimate of drug-likeness (QED) is 0.430. The smallest absolute Gasteiger partial charge is 0.254 e. The zero-order valence-electron chi connectivity index (χ0n) is 19.0. The maximum Gasteiger partial charge on any atom is 0.254 e. The average Bonchev–Trinajstić information content (AvgIpc) is 3.56. The van der Waals surface area contributed by atoms with E-state index in [0.717, 1.165) is 30.0 Å². The zero-order chi connectivity index (χ0) is 23.5. The Bertz CT molecular complexity index is 1290. The van der Waals surface area contributed by atoms with E-state index < -0.39 is 0 Å². The lowest BCUT2D eigenvalue weighted by molar-refractivity contribution is 0.0729. The number of aromatic nitrogens is 5. The van der Waals surface area contributed by atoms with Crippen molar-refractivity contribution in [3.05, 3.63) is 84.3 Å². The molecule has 1 aliphatic rings. The molecule has 1 atom stereocenters. The summed E-state index contributed by atoms with van der Waals surface area (Å²) in [5.74, 6) is 2.38. The Balaban J connectivity index is 1.39. The van der Waals surface area contributed by atoms with Gasteiger partial charge in [-0.15, -0.1) is 10.2 Å². The SMILES string of the molecule is COc1ccc(Oc2cc(C)nc([C@@H]3CCCN3C(=O)c3cccc(-n4cnnc4)c3)n2)cc1. The number of ether oxygens (including phenoxy) is 2. The minimum Gasteiger partial charge on any atom is -0.497 e. The van der Waals surface area contributed by atoms with Crippen molar-refractivity contribution in [1.82, 2.24) is 29.6 Å². The van der Waals surface area contributed by atoms with Crippen LogP contribution in [0.25, 0.3) is 5.69 Å². The van der Waals surface area contributed by atoms with E-state index in [1.54, 1.807) is 30.4 Å². The third-order valence-electron chi connectivity index (χ3n) is 5.75. The number of benzene rings is 2. The molecule has 2 aromatic heterocycles. The molecule has 5 rings (SSSR count). The molecule has 9 heteroatoms. The summed E-state index contributed by atoms with van der Waals surface area (Å²) in [4.78, 5) is 24.6. The molecule has 4 aromatic rings. The zero-order valence-corrected chi connectivity index (χ0v) is 19.0. The van der Waals surface area contributed by atoms with Crippen LogP contribution in [0.3, 0.4) is 0 Å². The van der Waals surface area contributed by atoms with E-state index in [1.165, 1.54) is 0 Å². The van der Waals surface area contributed by atoms with Gasteiger partial charge in [-0.3, -0.25) is 9.36 Å². The van der Waals surface area contributed by atoms with Gasteiger partial charge in [0.25, 0.3) is 5.91 Å². The Morgan fingerprint density at radius 3 is 2.53 bits per heavy atom. The van der Waals surface area contributed by atoms with Crippen molar-refractivity contribution in [2.45, 2.75) is 25.8 Å². The van der Waals surface area contributed by atoms with Crippen molar-refractivity contribution in [3.63, 3.8) is 0 Å². The highest BCUT2D eigenvalue weighted by atomic mass is 16.5. The molecular weight excluding hydrogens is 432 g/mol. The van der Waals surface area contributed by atoms with E-state index in [1.807, 2.05) is 60.4 Å². The van der Waals surface area contributed by atoms with Gasteiger partial charge in [0, 0.05) is 29.6 Å². The lowest BCUT2D eigenvalue weighted by atomic mass is 10.1. The molecule has 2 aromatic carbocycles. The van der Waals surface area contributed by atoms with Crippen LogP contribution in [0, 0.1) is 6.92 Å². The summed E-state index contributed by atoms with van der Waals surface area (Å²) in [6, 6.07) is 16.3. The first-order chi connectivity index (χ1) is 16.6. The third-order valence-corrected chi connectivity index (χ3v) is 5.75. The summed E-state index contributed by atoms with van der Waals surface area (Å²) in [5.41, 5.74) is 2.21. The van der Waals surface area contributed by atoms with Crippen molar-refractivity contribution in [3.8, 4) is 23.1 Å². The second-order valence-electron chi connectivity index (χ2n) is 8.06. The fraction of sp³-hybridized carbons (Fsp3) is 0.240. The third kappa shape index (κ3) is 4.45. The molecule has 1 fully saturated rings. The highest BCUT2D eigenvalue weighted by Crippen LogP contribution is 2.33. The fourth-order valence-corrected chi connectivity index (χ4v) is 4.11. The molecule has 9 nitrogen and oxygen atoms in total. The highest BCUT2D eigenvalue weighted by Gasteiger charge is 2.33. The van der Waals surface area contributed by atoms with E-state index in [2.05, 4.69) is 20.2 Å². The second kappa shape index (κ2) is 9.30. The predicted octanol–water partition coefficient (Wildman–Crippen LogP) is 4.14. The van der Waals surface area contributed by atoms with E-state index in [9.17, 15) is 4.79 Å². The van der Waals surface area contributed by atoms with Crippen LogP contribution < -0.4 is 9.47 Å². The van der Waals surface area contributed by atoms with Gasteiger partial charge in [0.05, 0.1) is 13.2 Å². The maximum absolute atomic E-state index is 13.5. The Hall–Kier alpha value is -4.27. The van der Waals surface area contributed by atoms with Crippen LogP contribution >= 0.6 is 0 Å². The molecule has 34 heavy (non-hydrogen) atoms. The number of methoxy groups -OCH3 is 1. The fourth-order valence-electron chi connectivity index (χ4n) is 4.11. The number of likely N-dealkylation sites (tertiary alicyclic amines) is 1. The summed E-state index contributed by atoms with van der Waals surface area (Å²) >= 11 is 0. The Kier molecular flexibility index (Phi) is 5.90. The summed E-state index contributed by atoms with van der Waals surface area (Å²) in [6.45, 7) is 2.54. The topological polar surface area (TPSA) is 95.3 Å². The lowest BCUT2D eigenvalue weighted by Gasteiger charge is -2.24. The molecule has 1 saturated heterocycles. The molecule has 0 N–H and O–H groups in total. The first-order valence-corrected chi connectivity index (χ1v) is 11.0. The molecule has 0 spiro atoms. The van der Waals surface area contributed by atoms with Gasteiger partial charge in [-0.1, -0.05) is 6.07 Å². The Labute approximate surface area is 197 Å². The van der Waals surface area contributed by atoms with Gasteiger partial charge < -0.3 is 14.4 Å². The number of nitrogens with zero attached hydrogens (tertiary/aromatic N) is 6. The van der Waals surface area contributed by atoms with Gasteiger partial charge >= 0.3 is 0 Å². The average molecular weight is 457 g/mol. The standard InChI is InChI=1S/C25H24N6O3/c1-17-13-23(34-21-10-8-20(33-2)9-11-21)29-24(28-17)22-7-4-12-31(22)25(32)18-5-3-6-19(14-18)30-15-26-27-16-30/h3,5-6,8-11,13-16,22H,4,7,12H2,1-2H3/t22-/m0/s1. The molecule has 172 valence electrons. The van der Waals surface area contributed by atoms with Crippen LogP contribution in [-0.2, 0) is 0 Å².